The van der Waals surface area contributed by atoms with Crippen LogP contribution in [0.25, 0.3) is 10.6 Å². The zero-order chi connectivity index (χ0) is 11.5. The van der Waals surface area contributed by atoms with E-state index in [1.54, 1.807) is 18.3 Å². The Kier molecular flexibility index (Phi) is 2.87. The van der Waals surface area contributed by atoms with E-state index in [0.717, 1.165) is 5.01 Å². The molecule has 1 aromatic heterocycles. The van der Waals surface area contributed by atoms with Crippen LogP contribution in [0.5, 0.6) is 5.75 Å². The first kappa shape index (κ1) is 10.6. The van der Waals surface area contributed by atoms with Crippen LogP contribution >= 0.6 is 11.3 Å². The van der Waals surface area contributed by atoms with Gasteiger partial charge >= 0.3 is 5.97 Å². The lowest BCUT2D eigenvalue weighted by Gasteiger charge is -2.08. The van der Waals surface area contributed by atoms with Gasteiger partial charge < -0.3 is 9.84 Å². The number of carboxylic acids is 1. The summed E-state index contributed by atoms with van der Waals surface area (Å²) in [6.07, 6.45) is 1.67. The molecule has 0 bridgehead atoms. The van der Waals surface area contributed by atoms with E-state index < -0.39 is 5.97 Å². The van der Waals surface area contributed by atoms with Crippen LogP contribution in [-0.4, -0.2) is 23.2 Å². The van der Waals surface area contributed by atoms with Gasteiger partial charge in [-0.1, -0.05) is 6.07 Å². The number of methoxy groups -OCH3 is 1. The van der Waals surface area contributed by atoms with Crippen LogP contribution in [0, 0.1) is 0 Å². The van der Waals surface area contributed by atoms with Gasteiger partial charge in [0.2, 0.25) is 0 Å². The first-order valence-corrected chi connectivity index (χ1v) is 5.42. The number of rotatable bonds is 3. The summed E-state index contributed by atoms with van der Waals surface area (Å²) in [4.78, 5) is 15.1. The van der Waals surface area contributed by atoms with Crippen LogP contribution in [0.3, 0.4) is 0 Å². The van der Waals surface area contributed by atoms with Crippen LogP contribution in [-0.2, 0) is 0 Å². The van der Waals surface area contributed by atoms with E-state index in [9.17, 15) is 4.79 Å². The fraction of sp³-hybridized carbons (Fsp3) is 0.0909. The number of hydrogen-bond acceptors (Lipinski definition) is 4. The SMILES string of the molecule is COc1c(C(=O)O)cccc1-c1nccs1. The molecule has 0 aliphatic heterocycles. The summed E-state index contributed by atoms with van der Waals surface area (Å²) < 4.78 is 5.15. The molecule has 0 fully saturated rings. The summed E-state index contributed by atoms with van der Waals surface area (Å²) in [6, 6.07) is 4.99. The summed E-state index contributed by atoms with van der Waals surface area (Å²) in [5, 5.41) is 11.6. The Hall–Kier alpha value is -1.88. The number of nitrogens with zero attached hydrogens (tertiary/aromatic N) is 1. The molecule has 0 aliphatic carbocycles. The summed E-state index contributed by atoms with van der Waals surface area (Å²) in [5.41, 5.74) is 0.854. The van der Waals surface area contributed by atoms with Crippen LogP contribution in [0.2, 0.25) is 0 Å². The molecule has 4 nitrogen and oxygen atoms in total. The minimum absolute atomic E-state index is 0.148. The molecule has 0 spiro atoms. The summed E-state index contributed by atoms with van der Waals surface area (Å²) in [5.74, 6) is -0.653. The third-order valence-electron chi connectivity index (χ3n) is 2.11. The highest BCUT2D eigenvalue weighted by atomic mass is 32.1. The molecule has 0 saturated heterocycles. The number of ether oxygens (including phenoxy) is 1. The van der Waals surface area contributed by atoms with E-state index in [4.69, 9.17) is 9.84 Å². The second-order valence-electron chi connectivity index (χ2n) is 3.03. The Morgan fingerprint density at radius 1 is 1.50 bits per heavy atom. The fourth-order valence-corrected chi connectivity index (χ4v) is 2.11. The van der Waals surface area contributed by atoms with Crippen molar-refractivity contribution in [3.8, 4) is 16.3 Å². The van der Waals surface area contributed by atoms with Crippen LogP contribution in [0.1, 0.15) is 10.4 Å². The van der Waals surface area contributed by atoms with E-state index in [0.29, 0.717) is 11.3 Å². The monoisotopic (exact) mass is 235 g/mol. The van der Waals surface area contributed by atoms with E-state index in [1.165, 1.54) is 24.5 Å². The van der Waals surface area contributed by atoms with Crippen molar-refractivity contribution in [1.29, 1.82) is 0 Å². The van der Waals surface area contributed by atoms with E-state index in [-0.39, 0.29) is 5.56 Å². The molecule has 0 saturated carbocycles. The van der Waals surface area contributed by atoms with Gasteiger partial charge in [0.25, 0.3) is 0 Å². The number of para-hydroxylation sites is 1. The molecule has 0 unspecified atom stereocenters. The standard InChI is InChI=1S/C11H9NO3S/c1-15-9-7(10-12-5-6-16-10)3-2-4-8(9)11(13)14/h2-6H,1H3,(H,13,14). The minimum atomic E-state index is -1.00. The van der Waals surface area contributed by atoms with Gasteiger partial charge in [-0.05, 0) is 12.1 Å². The maximum Gasteiger partial charge on any atom is 0.339 e. The van der Waals surface area contributed by atoms with E-state index in [1.807, 2.05) is 5.38 Å². The number of thiazole rings is 1. The van der Waals surface area contributed by atoms with Crippen molar-refractivity contribution < 1.29 is 14.6 Å². The largest absolute Gasteiger partial charge is 0.495 e. The number of aromatic nitrogens is 1. The van der Waals surface area contributed by atoms with Gasteiger partial charge in [0.15, 0.2) is 0 Å². The maximum absolute atomic E-state index is 11.0. The molecule has 2 rings (SSSR count). The highest BCUT2D eigenvalue weighted by Gasteiger charge is 2.16. The summed E-state index contributed by atoms with van der Waals surface area (Å²) in [6.45, 7) is 0. The van der Waals surface area contributed by atoms with Crippen LogP contribution in [0.15, 0.2) is 29.8 Å². The second-order valence-corrected chi connectivity index (χ2v) is 3.92. The molecule has 0 amide bonds. The maximum atomic E-state index is 11.0. The second kappa shape index (κ2) is 4.32. The Morgan fingerprint density at radius 2 is 2.31 bits per heavy atom. The molecule has 82 valence electrons. The highest BCUT2D eigenvalue weighted by molar-refractivity contribution is 7.13. The lowest BCUT2D eigenvalue weighted by Crippen LogP contribution is -2.01. The van der Waals surface area contributed by atoms with Crippen molar-refractivity contribution >= 4 is 17.3 Å². The zero-order valence-corrected chi connectivity index (χ0v) is 9.32. The number of carbonyl (C=O) groups is 1. The molecule has 0 radical (unpaired) electrons. The van der Waals surface area contributed by atoms with Crippen molar-refractivity contribution in [2.75, 3.05) is 7.11 Å². The topological polar surface area (TPSA) is 59.4 Å². The van der Waals surface area contributed by atoms with Gasteiger partial charge in [0.05, 0.1) is 12.7 Å². The van der Waals surface area contributed by atoms with Gasteiger partial charge in [-0.3, -0.25) is 0 Å². The lowest BCUT2D eigenvalue weighted by molar-refractivity contribution is 0.0693. The molecule has 1 N–H and O–H groups in total. The highest BCUT2D eigenvalue weighted by Crippen LogP contribution is 2.34. The predicted molar refractivity (Wildman–Crippen MR) is 61.1 cm³/mol. The average Bonchev–Trinajstić information content (AvgIpc) is 2.81. The molecule has 1 aromatic carbocycles. The number of benzene rings is 1. The fourth-order valence-electron chi connectivity index (χ4n) is 1.45. The van der Waals surface area contributed by atoms with Gasteiger partial charge in [-0.15, -0.1) is 11.3 Å². The molecule has 5 heteroatoms. The average molecular weight is 235 g/mol. The van der Waals surface area contributed by atoms with Crippen molar-refractivity contribution in [3.05, 3.63) is 35.3 Å². The Morgan fingerprint density at radius 3 is 2.88 bits per heavy atom. The van der Waals surface area contributed by atoms with Gasteiger partial charge in [0.1, 0.15) is 16.3 Å². The molecule has 1 heterocycles. The normalized spacial score (nSPS) is 10.1. The van der Waals surface area contributed by atoms with Gasteiger partial charge in [0, 0.05) is 11.6 Å². The Bertz CT molecular complexity index is 508. The molecular weight excluding hydrogens is 226 g/mol. The van der Waals surface area contributed by atoms with Gasteiger partial charge in [-0.2, -0.15) is 0 Å². The van der Waals surface area contributed by atoms with Crippen molar-refractivity contribution in [2.45, 2.75) is 0 Å². The number of aromatic carboxylic acids is 1. The Balaban J connectivity index is 2.62. The van der Waals surface area contributed by atoms with E-state index in [2.05, 4.69) is 4.98 Å². The Labute approximate surface area is 96.1 Å². The number of carboxylic acid groups (broad SMARTS) is 1. The van der Waals surface area contributed by atoms with Gasteiger partial charge in [-0.25, -0.2) is 9.78 Å². The molecule has 0 aliphatic rings. The van der Waals surface area contributed by atoms with Crippen molar-refractivity contribution in [3.63, 3.8) is 0 Å². The quantitative estimate of drug-likeness (QED) is 0.888. The molecular formula is C11H9NO3S. The lowest BCUT2D eigenvalue weighted by atomic mass is 10.1. The number of hydrogen-bond donors (Lipinski definition) is 1. The third-order valence-corrected chi connectivity index (χ3v) is 2.92. The van der Waals surface area contributed by atoms with Crippen LogP contribution in [0.4, 0.5) is 0 Å². The minimum Gasteiger partial charge on any atom is -0.495 e. The molecule has 2 aromatic rings. The predicted octanol–water partition coefficient (Wildman–Crippen LogP) is 2.52. The third kappa shape index (κ3) is 1.77. The molecule has 0 atom stereocenters. The van der Waals surface area contributed by atoms with E-state index >= 15 is 0 Å². The van der Waals surface area contributed by atoms with Crippen molar-refractivity contribution in [2.24, 2.45) is 0 Å². The summed E-state index contributed by atoms with van der Waals surface area (Å²) >= 11 is 1.44. The van der Waals surface area contributed by atoms with Crippen LogP contribution < -0.4 is 4.74 Å². The van der Waals surface area contributed by atoms with Crippen molar-refractivity contribution in [1.82, 2.24) is 4.98 Å². The molecule has 16 heavy (non-hydrogen) atoms. The summed E-state index contributed by atoms with van der Waals surface area (Å²) in [7, 11) is 1.46. The zero-order valence-electron chi connectivity index (χ0n) is 8.51. The first-order chi connectivity index (χ1) is 7.74. The smallest absolute Gasteiger partial charge is 0.339 e. The first-order valence-electron chi connectivity index (χ1n) is 4.54.